The van der Waals surface area contributed by atoms with Crippen LogP contribution < -0.4 is 10.1 Å². The molecule has 2 aromatic carbocycles. The van der Waals surface area contributed by atoms with Gasteiger partial charge in [0, 0.05) is 11.6 Å². The number of amides is 1. The fraction of sp³-hybridized carbons (Fsp3) is 0.278. The van der Waals surface area contributed by atoms with E-state index in [0.717, 1.165) is 23.4 Å². The first-order chi connectivity index (χ1) is 10.2. The number of ether oxygens (including phenoxy) is 1. The summed E-state index contributed by atoms with van der Waals surface area (Å²) in [6, 6.07) is 15.9. The summed E-state index contributed by atoms with van der Waals surface area (Å²) in [5, 5.41) is 3.03. The summed E-state index contributed by atoms with van der Waals surface area (Å²) in [6.45, 7) is 2.00. The first kappa shape index (κ1) is 13.7. The van der Waals surface area contributed by atoms with E-state index in [9.17, 15) is 4.79 Å². The van der Waals surface area contributed by atoms with Gasteiger partial charge in [0.25, 0.3) is 0 Å². The molecule has 0 radical (unpaired) electrons. The van der Waals surface area contributed by atoms with Crippen LogP contribution in [0.15, 0.2) is 48.5 Å². The van der Waals surface area contributed by atoms with Crippen molar-refractivity contribution in [2.75, 3.05) is 12.4 Å². The van der Waals surface area contributed by atoms with Crippen LogP contribution in [0.2, 0.25) is 0 Å². The van der Waals surface area contributed by atoms with Gasteiger partial charge in [-0.3, -0.25) is 4.79 Å². The summed E-state index contributed by atoms with van der Waals surface area (Å²) < 4.78 is 5.16. The summed E-state index contributed by atoms with van der Waals surface area (Å²) in [5.74, 6) is 1.38. The lowest BCUT2D eigenvalue weighted by molar-refractivity contribution is -0.117. The van der Waals surface area contributed by atoms with E-state index < -0.39 is 0 Å². The van der Waals surface area contributed by atoms with Crippen molar-refractivity contribution in [3.8, 4) is 5.75 Å². The van der Waals surface area contributed by atoms with Crippen LogP contribution in [-0.2, 0) is 4.79 Å². The molecule has 21 heavy (non-hydrogen) atoms. The van der Waals surface area contributed by atoms with E-state index >= 15 is 0 Å². The standard InChI is InChI=1S/C18H19NO2/c1-12-5-3-4-6-17(12)19-18(20)16-11-15(16)13-7-9-14(21-2)10-8-13/h3-10,15-16H,11H2,1-2H3,(H,19,20). The van der Waals surface area contributed by atoms with E-state index in [1.807, 2.05) is 55.5 Å². The van der Waals surface area contributed by atoms with Crippen molar-refractivity contribution in [3.05, 3.63) is 59.7 Å². The Labute approximate surface area is 124 Å². The molecule has 1 saturated carbocycles. The number of hydrogen-bond donors (Lipinski definition) is 1. The summed E-state index contributed by atoms with van der Waals surface area (Å²) in [4.78, 5) is 12.3. The molecule has 3 rings (SSSR count). The lowest BCUT2D eigenvalue weighted by Gasteiger charge is -2.08. The molecule has 1 amide bonds. The Morgan fingerprint density at radius 2 is 1.86 bits per heavy atom. The van der Waals surface area contributed by atoms with Crippen molar-refractivity contribution in [2.24, 2.45) is 5.92 Å². The number of rotatable bonds is 4. The minimum Gasteiger partial charge on any atom is -0.497 e. The number of anilines is 1. The lowest BCUT2D eigenvalue weighted by atomic mass is 10.1. The van der Waals surface area contributed by atoms with Crippen molar-refractivity contribution in [1.29, 1.82) is 0 Å². The van der Waals surface area contributed by atoms with Crippen molar-refractivity contribution in [3.63, 3.8) is 0 Å². The van der Waals surface area contributed by atoms with Crippen molar-refractivity contribution in [2.45, 2.75) is 19.3 Å². The highest BCUT2D eigenvalue weighted by atomic mass is 16.5. The topological polar surface area (TPSA) is 38.3 Å². The van der Waals surface area contributed by atoms with Gasteiger partial charge in [0.1, 0.15) is 5.75 Å². The fourth-order valence-corrected chi connectivity index (χ4v) is 2.64. The molecule has 1 fully saturated rings. The van der Waals surface area contributed by atoms with Gasteiger partial charge in [0.2, 0.25) is 5.91 Å². The number of benzene rings is 2. The zero-order valence-electron chi connectivity index (χ0n) is 12.3. The zero-order valence-corrected chi connectivity index (χ0v) is 12.3. The molecule has 1 aliphatic carbocycles. The number of carbonyl (C=O) groups is 1. The second kappa shape index (κ2) is 5.60. The lowest BCUT2D eigenvalue weighted by Crippen LogP contribution is -2.15. The Morgan fingerprint density at radius 3 is 2.52 bits per heavy atom. The number of methoxy groups -OCH3 is 1. The molecule has 0 saturated heterocycles. The van der Waals surface area contributed by atoms with Crippen LogP contribution >= 0.6 is 0 Å². The minimum atomic E-state index is 0.0815. The van der Waals surface area contributed by atoms with Crippen LogP contribution in [-0.4, -0.2) is 13.0 Å². The van der Waals surface area contributed by atoms with Gasteiger partial charge in [0.15, 0.2) is 0 Å². The van der Waals surface area contributed by atoms with Gasteiger partial charge in [-0.05, 0) is 48.6 Å². The molecule has 2 atom stereocenters. The quantitative estimate of drug-likeness (QED) is 0.927. The van der Waals surface area contributed by atoms with Gasteiger partial charge in [-0.2, -0.15) is 0 Å². The van der Waals surface area contributed by atoms with Crippen LogP contribution in [0.25, 0.3) is 0 Å². The third-order valence-electron chi connectivity index (χ3n) is 4.07. The first-order valence-electron chi connectivity index (χ1n) is 7.19. The Balaban J connectivity index is 1.64. The van der Waals surface area contributed by atoms with Gasteiger partial charge in [-0.1, -0.05) is 30.3 Å². The minimum absolute atomic E-state index is 0.0815. The van der Waals surface area contributed by atoms with Crippen LogP contribution in [0, 0.1) is 12.8 Å². The molecular weight excluding hydrogens is 262 g/mol. The molecule has 3 nitrogen and oxygen atoms in total. The molecule has 1 N–H and O–H groups in total. The van der Waals surface area contributed by atoms with E-state index in [-0.39, 0.29) is 11.8 Å². The van der Waals surface area contributed by atoms with Crippen molar-refractivity contribution < 1.29 is 9.53 Å². The Bertz CT molecular complexity index is 649. The smallest absolute Gasteiger partial charge is 0.228 e. The normalized spacial score (nSPS) is 19.9. The van der Waals surface area contributed by atoms with Crippen LogP contribution in [0.4, 0.5) is 5.69 Å². The molecule has 0 bridgehead atoms. The molecule has 3 heteroatoms. The summed E-state index contributed by atoms with van der Waals surface area (Å²) >= 11 is 0. The number of para-hydroxylation sites is 1. The average Bonchev–Trinajstić information content (AvgIpc) is 3.30. The summed E-state index contributed by atoms with van der Waals surface area (Å²) in [5.41, 5.74) is 3.20. The third kappa shape index (κ3) is 2.92. The van der Waals surface area contributed by atoms with Gasteiger partial charge < -0.3 is 10.1 Å². The Hall–Kier alpha value is -2.29. The van der Waals surface area contributed by atoms with Gasteiger partial charge in [0.05, 0.1) is 7.11 Å². The average molecular weight is 281 g/mol. The SMILES string of the molecule is COc1ccc(C2CC2C(=O)Nc2ccccc2C)cc1. The van der Waals surface area contributed by atoms with E-state index in [1.165, 1.54) is 5.56 Å². The fourth-order valence-electron chi connectivity index (χ4n) is 2.64. The van der Waals surface area contributed by atoms with Gasteiger partial charge in [-0.15, -0.1) is 0 Å². The van der Waals surface area contributed by atoms with Gasteiger partial charge in [-0.25, -0.2) is 0 Å². The Morgan fingerprint density at radius 1 is 1.14 bits per heavy atom. The monoisotopic (exact) mass is 281 g/mol. The maximum Gasteiger partial charge on any atom is 0.228 e. The molecule has 108 valence electrons. The van der Waals surface area contributed by atoms with Crippen LogP contribution in [0.5, 0.6) is 5.75 Å². The highest BCUT2D eigenvalue weighted by Gasteiger charge is 2.43. The van der Waals surface area contributed by atoms with E-state index in [0.29, 0.717) is 5.92 Å². The highest BCUT2D eigenvalue weighted by molar-refractivity contribution is 5.95. The predicted octanol–water partition coefficient (Wildman–Crippen LogP) is 3.75. The molecule has 0 spiro atoms. The molecule has 2 aromatic rings. The Kier molecular flexibility index (Phi) is 3.65. The molecule has 0 heterocycles. The first-order valence-corrected chi connectivity index (χ1v) is 7.19. The molecule has 0 aromatic heterocycles. The van der Waals surface area contributed by atoms with E-state index in [1.54, 1.807) is 7.11 Å². The molecule has 2 unspecified atom stereocenters. The second-order valence-corrected chi connectivity index (χ2v) is 5.53. The maximum absolute atomic E-state index is 12.3. The molecule has 1 aliphatic rings. The number of carbonyl (C=O) groups excluding carboxylic acids is 1. The predicted molar refractivity (Wildman–Crippen MR) is 83.7 cm³/mol. The van der Waals surface area contributed by atoms with E-state index in [2.05, 4.69) is 5.32 Å². The maximum atomic E-state index is 12.3. The zero-order chi connectivity index (χ0) is 14.8. The second-order valence-electron chi connectivity index (χ2n) is 5.53. The van der Waals surface area contributed by atoms with Gasteiger partial charge >= 0.3 is 0 Å². The largest absolute Gasteiger partial charge is 0.497 e. The number of hydrogen-bond acceptors (Lipinski definition) is 2. The highest BCUT2D eigenvalue weighted by Crippen LogP contribution is 2.48. The van der Waals surface area contributed by atoms with Crippen LogP contribution in [0.3, 0.4) is 0 Å². The van der Waals surface area contributed by atoms with Crippen molar-refractivity contribution >= 4 is 11.6 Å². The van der Waals surface area contributed by atoms with E-state index in [4.69, 9.17) is 4.74 Å². The molecular formula is C18H19NO2. The molecule has 0 aliphatic heterocycles. The number of aryl methyl sites for hydroxylation is 1. The van der Waals surface area contributed by atoms with Crippen molar-refractivity contribution in [1.82, 2.24) is 0 Å². The number of nitrogens with one attached hydrogen (secondary N) is 1. The third-order valence-corrected chi connectivity index (χ3v) is 4.07. The van der Waals surface area contributed by atoms with Crippen LogP contribution in [0.1, 0.15) is 23.5 Å². The summed E-state index contributed by atoms with van der Waals surface area (Å²) in [7, 11) is 1.66. The summed E-state index contributed by atoms with van der Waals surface area (Å²) in [6.07, 6.45) is 0.921.